The second kappa shape index (κ2) is 5.58. The van der Waals surface area contributed by atoms with Gasteiger partial charge in [-0.05, 0) is 24.3 Å². The molecule has 2 heterocycles. The summed E-state index contributed by atoms with van der Waals surface area (Å²) in [7, 11) is 0. The lowest BCUT2D eigenvalue weighted by atomic mass is 10.2. The van der Waals surface area contributed by atoms with E-state index in [-0.39, 0.29) is 5.82 Å². The Morgan fingerprint density at radius 3 is 2.38 bits per heavy atom. The Hall–Kier alpha value is -2.33. The van der Waals surface area contributed by atoms with Crippen molar-refractivity contribution < 1.29 is 4.39 Å². The third kappa shape index (κ3) is 2.76. The van der Waals surface area contributed by atoms with Crippen molar-refractivity contribution in [2.75, 3.05) is 41.7 Å². The van der Waals surface area contributed by atoms with Crippen LogP contribution in [0.5, 0.6) is 0 Å². The molecule has 1 aromatic heterocycles. The zero-order valence-electron chi connectivity index (χ0n) is 11.3. The lowest BCUT2D eigenvalue weighted by Crippen LogP contribution is -2.46. The number of aromatic nitrogens is 1. The fourth-order valence-corrected chi connectivity index (χ4v) is 3.10. The number of halogens is 1. The Morgan fingerprint density at radius 1 is 1.14 bits per heavy atom. The van der Waals surface area contributed by atoms with Crippen LogP contribution < -0.4 is 15.5 Å². The highest BCUT2D eigenvalue weighted by Crippen LogP contribution is 2.28. The molecule has 2 N–H and O–H groups in total. The normalized spacial score (nSPS) is 15.0. The van der Waals surface area contributed by atoms with Gasteiger partial charge in [-0.2, -0.15) is 5.26 Å². The van der Waals surface area contributed by atoms with E-state index in [0.717, 1.165) is 31.9 Å². The molecule has 0 unspecified atom stereocenters. The maximum atomic E-state index is 12.9. The van der Waals surface area contributed by atoms with Crippen LogP contribution in [0, 0.1) is 17.1 Å². The number of piperazine rings is 1. The van der Waals surface area contributed by atoms with Crippen molar-refractivity contribution >= 4 is 28.0 Å². The molecule has 3 rings (SSSR count). The second-order valence-corrected chi connectivity index (χ2v) is 5.80. The lowest BCUT2D eigenvalue weighted by Gasteiger charge is -2.36. The van der Waals surface area contributed by atoms with Crippen molar-refractivity contribution in [1.29, 1.82) is 5.26 Å². The Morgan fingerprint density at radius 2 is 1.76 bits per heavy atom. The number of thiazole rings is 1. The summed E-state index contributed by atoms with van der Waals surface area (Å²) in [6, 6.07) is 8.65. The van der Waals surface area contributed by atoms with E-state index < -0.39 is 0 Å². The van der Waals surface area contributed by atoms with Crippen molar-refractivity contribution in [3.05, 3.63) is 35.0 Å². The van der Waals surface area contributed by atoms with Gasteiger partial charge in [0.1, 0.15) is 11.9 Å². The average molecular weight is 303 g/mol. The molecule has 0 bridgehead atoms. The minimum atomic E-state index is -0.228. The Balaban J connectivity index is 1.70. The summed E-state index contributed by atoms with van der Waals surface area (Å²) in [6.45, 7) is 3.12. The molecule has 1 aliphatic rings. The van der Waals surface area contributed by atoms with Crippen molar-refractivity contribution in [2.24, 2.45) is 0 Å². The van der Waals surface area contributed by atoms with Crippen molar-refractivity contribution in [3.63, 3.8) is 0 Å². The molecule has 5 nitrogen and oxygen atoms in total. The van der Waals surface area contributed by atoms with Crippen LogP contribution in [0.3, 0.4) is 0 Å². The van der Waals surface area contributed by atoms with Crippen LogP contribution in [0.2, 0.25) is 0 Å². The highest BCUT2D eigenvalue weighted by Gasteiger charge is 2.22. The lowest BCUT2D eigenvalue weighted by molar-refractivity contribution is 0.624. The van der Waals surface area contributed by atoms with Crippen molar-refractivity contribution in [1.82, 2.24) is 4.98 Å². The van der Waals surface area contributed by atoms with Crippen LogP contribution in [0.4, 0.5) is 21.0 Å². The van der Waals surface area contributed by atoms with Gasteiger partial charge in [-0.25, -0.2) is 9.37 Å². The van der Waals surface area contributed by atoms with E-state index in [9.17, 15) is 4.39 Å². The second-order valence-electron chi connectivity index (χ2n) is 4.77. The topological polar surface area (TPSA) is 69.2 Å². The van der Waals surface area contributed by atoms with Gasteiger partial charge in [0.2, 0.25) is 0 Å². The van der Waals surface area contributed by atoms with Gasteiger partial charge in [0, 0.05) is 31.9 Å². The van der Waals surface area contributed by atoms with Gasteiger partial charge in [-0.3, -0.25) is 0 Å². The molecule has 7 heteroatoms. The number of hydrogen-bond acceptors (Lipinski definition) is 6. The molecule has 0 radical (unpaired) electrons. The first-order valence-electron chi connectivity index (χ1n) is 6.59. The highest BCUT2D eigenvalue weighted by molar-refractivity contribution is 7.16. The van der Waals surface area contributed by atoms with Crippen LogP contribution in [0.15, 0.2) is 24.3 Å². The molecule has 1 aromatic carbocycles. The van der Waals surface area contributed by atoms with Crippen molar-refractivity contribution in [2.45, 2.75) is 0 Å². The first-order chi connectivity index (χ1) is 10.2. The van der Waals surface area contributed by atoms with E-state index in [1.54, 1.807) is 12.1 Å². The smallest absolute Gasteiger partial charge is 0.183 e. The summed E-state index contributed by atoms with van der Waals surface area (Å²) in [5, 5.41) is 9.53. The van der Waals surface area contributed by atoms with Crippen LogP contribution in [0.1, 0.15) is 4.88 Å². The van der Waals surface area contributed by atoms with Crippen LogP contribution in [0.25, 0.3) is 0 Å². The first-order valence-corrected chi connectivity index (χ1v) is 7.41. The highest BCUT2D eigenvalue weighted by atomic mass is 32.1. The third-order valence-corrected chi connectivity index (χ3v) is 4.28. The minimum Gasteiger partial charge on any atom is -0.375 e. The molecule has 0 saturated carbocycles. The van der Waals surface area contributed by atoms with Gasteiger partial charge in [-0.15, -0.1) is 0 Å². The molecule has 108 valence electrons. The standard InChI is InChI=1S/C14H14FN5S/c15-10-1-3-11(4-2-10)19-5-7-20(8-6-19)13-12(9-16)21-14(17)18-13/h1-4H,5-8H2,(H2,17,18). The van der Waals surface area contributed by atoms with Crippen molar-refractivity contribution in [3.8, 4) is 6.07 Å². The number of hydrogen-bond donors (Lipinski definition) is 1. The molecule has 2 aromatic rings. The molecule has 0 spiro atoms. The Kier molecular flexibility index (Phi) is 3.62. The predicted molar refractivity (Wildman–Crippen MR) is 82.1 cm³/mol. The fourth-order valence-electron chi connectivity index (χ4n) is 2.44. The molecule has 1 aliphatic heterocycles. The number of benzene rings is 1. The van der Waals surface area contributed by atoms with Gasteiger partial charge in [0.15, 0.2) is 15.8 Å². The molecule has 0 amide bonds. The van der Waals surface area contributed by atoms with Gasteiger partial charge in [0.05, 0.1) is 0 Å². The number of nitrogen functional groups attached to an aromatic ring is 1. The largest absolute Gasteiger partial charge is 0.375 e. The number of nitrogens with two attached hydrogens (primary N) is 1. The number of rotatable bonds is 2. The van der Waals surface area contributed by atoms with E-state index >= 15 is 0 Å². The summed E-state index contributed by atoms with van der Waals surface area (Å²) in [5.74, 6) is 0.452. The quantitative estimate of drug-likeness (QED) is 0.919. The zero-order chi connectivity index (χ0) is 14.8. The number of nitriles is 1. The molecule has 1 saturated heterocycles. The molecule has 21 heavy (non-hydrogen) atoms. The van der Waals surface area contributed by atoms with E-state index in [2.05, 4.69) is 20.9 Å². The third-order valence-electron chi connectivity index (χ3n) is 3.50. The van der Waals surface area contributed by atoms with Gasteiger partial charge in [0.25, 0.3) is 0 Å². The van der Waals surface area contributed by atoms with E-state index in [1.165, 1.54) is 23.5 Å². The number of anilines is 3. The predicted octanol–water partition coefficient (Wildman–Crippen LogP) is 2.06. The average Bonchev–Trinajstić information content (AvgIpc) is 2.89. The van der Waals surface area contributed by atoms with Crippen LogP contribution >= 0.6 is 11.3 Å². The van der Waals surface area contributed by atoms with E-state index in [1.807, 2.05) is 0 Å². The van der Waals surface area contributed by atoms with E-state index in [4.69, 9.17) is 11.0 Å². The first kappa shape index (κ1) is 13.6. The molecule has 0 atom stereocenters. The van der Waals surface area contributed by atoms with E-state index in [0.29, 0.717) is 15.8 Å². The molecule has 1 fully saturated rings. The summed E-state index contributed by atoms with van der Waals surface area (Å²) < 4.78 is 12.9. The molecule has 0 aliphatic carbocycles. The minimum absolute atomic E-state index is 0.228. The van der Waals surface area contributed by atoms with Crippen LogP contribution in [-0.2, 0) is 0 Å². The fraction of sp³-hybridized carbons (Fsp3) is 0.286. The van der Waals surface area contributed by atoms with Gasteiger partial charge >= 0.3 is 0 Å². The van der Waals surface area contributed by atoms with Gasteiger partial charge in [-0.1, -0.05) is 11.3 Å². The maximum absolute atomic E-state index is 12.9. The SMILES string of the molecule is N#Cc1sc(N)nc1N1CCN(c2ccc(F)cc2)CC1. The van der Waals surface area contributed by atoms with Crippen LogP contribution in [-0.4, -0.2) is 31.2 Å². The maximum Gasteiger partial charge on any atom is 0.183 e. The summed E-state index contributed by atoms with van der Waals surface area (Å²) in [4.78, 5) is 9.07. The Labute approximate surface area is 126 Å². The summed E-state index contributed by atoms with van der Waals surface area (Å²) in [5.41, 5.74) is 6.69. The molecular formula is C14H14FN5S. The Bertz CT molecular complexity index is 668. The summed E-state index contributed by atoms with van der Waals surface area (Å²) in [6.07, 6.45) is 0. The molecular weight excluding hydrogens is 289 g/mol. The zero-order valence-corrected chi connectivity index (χ0v) is 12.1. The summed E-state index contributed by atoms with van der Waals surface area (Å²) >= 11 is 1.22. The number of nitrogens with zero attached hydrogens (tertiary/aromatic N) is 4. The van der Waals surface area contributed by atoms with Gasteiger partial charge < -0.3 is 15.5 Å². The monoisotopic (exact) mass is 303 g/mol.